The van der Waals surface area contributed by atoms with Gasteiger partial charge in [0, 0.05) is 5.75 Å². The summed E-state index contributed by atoms with van der Waals surface area (Å²) in [4.78, 5) is 0. The number of ether oxygens (including phenoxy) is 1. The van der Waals surface area contributed by atoms with E-state index < -0.39 is 10.1 Å². The average molecular weight is 420 g/mol. The second kappa shape index (κ2) is 15.6. The molecule has 6 heteroatoms. The van der Waals surface area contributed by atoms with Crippen molar-refractivity contribution in [2.45, 2.75) is 96.8 Å². The van der Waals surface area contributed by atoms with Gasteiger partial charge in [-0.2, -0.15) is 0 Å². The molecule has 1 aliphatic rings. The molecule has 168 valence electrons. The first-order valence-corrected chi connectivity index (χ1v) is 13.4. The van der Waals surface area contributed by atoms with Crippen molar-refractivity contribution >= 4 is 10.1 Å². The zero-order valence-corrected chi connectivity index (χ0v) is 19.2. The van der Waals surface area contributed by atoms with Gasteiger partial charge in [-0.1, -0.05) is 71.1 Å². The third kappa shape index (κ3) is 13.9. The van der Waals surface area contributed by atoms with Gasteiger partial charge in [-0.25, -0.2) is 8.42 Å². The smallest absolute Gasteiger partial charge is 0.102 e. The van der Waals surface area contributed by atoms with Gasteiger partial charge in [-0.05, 0) is 25.7 Å². The van der Waals surface area contributed by atoms with E-state index in [1.54, 1.807) is 0 Å². The molecule has 0 unspecified atom stereocenters. The fourth-order valence-corrected chi connectivity index (χ4v) is 4.86. The second-order valence-corrected chi connectivity index (χ2v) is 10.2. The third-order valence-corrected chi connectivity index (χ3v) is 6.97. The monoisotopic (exact) mass is 419 g/mol. The minimum atomic E-state index is -4.07. The number of unbranched alkanes of at least 4 members (excludes halogenated alkanes) is 12. The number of nitrogens with zero attached hydrogens (tertiary/aromatic N) is 1. The first-order valence-electron chi connectivity index (χ1n) is 11.8. The lowest BCUT2D eigenvalue weighted by molar-refractivity contribution is -0.935. The highest BCUT2D eigenvalue weighted by Crippen LogP contribution is 2.17. The summed E-state index contributed by atoms with van der Waals surface area (Å²) < 4.78 is 38.9. The van der Waals surface area contributed by atoms with Crippen LogP contribution in [-0.2, 0) is 14.9 Å². The zero-order chi connectivity index (χ0) is 20.6. The SMILES string of the molecule is CCCCCCCCCCCCCC[N+]1(CCCCS(=O)(=O)[O-])CCOCC1. The summed E-state index contributed by atoms with van der Waals surface area (Å²) in [6.45, 7) is 8.09. The molecule has 1 rings (SSSR count). The molecule has 0 aromatic rings. The van der Waals surface area contributed by atoms with Crippen LogP contribution in [0.15, 0.2) is 0 Å². The molecule has 0 amide bonds. The Morgan fingerprint density at radius 1 is 0.714 bits per heavy atom. The van der Waals surface area contributed by atoms with Gasteiger partial charge >= 0.3 is 0 Å². The molecule has 28 heavy (non-hydrogen) atoms. The van der Waals surface area contributed by atoms with Gasteiger partial charge in [-0.3, -0.25) is 0 Å². The van der Waals surface area contributed by atoms with Gasteiger partial charge in [0.15, 0.2) is 0 Å². The summed E-state index contributed by atoms with van der Waals surface area (Å²) in [5, 5.41) is 0. The highest BCUT2D eigenvalue weighted by atomic mass is 32.2. The molecule has 1 aliphatic heterocycles. The number of rotatable bonds is 18. The molecule has 0 spiro atoms. The predicted molar refractivity (Wildman–Crippen MR) is 115 cm³/mol. The summed E-state index contributed by atoms with van der Waals surface area (Å²) in [6, 6.07) is 0. The van der Waals surface area contributed by atoms with Crippen LogP contribution in [0.3, 0.4) is 0 Å². The van der Waals surface area contributed by atoms with Gasteiger partial charge in [0.25, 0.3) is 0 Å². The van der Waals surface area contributed by atoms with Crippen molar-refractivity contribution in [1.29, 1.82) is 0 Å². The van der Waals surface area contributed by atoms with Crippen molar-refractivity contribution in [2.24, 2.45) is 0 Å². The van der Waals surface area contributed by atoms with Crippen molar-refractivity contribution in [3.05, 3.63) is 0 Å². The standard InChI is InChI=1S/C22H45NO4S/c1-2-3-4-5-6-7-8-9-10-11-12-13-16-23(18-20-27-21-19-23)17-14-15-22-28(24,25)26/h2-22H2,1H3. The molecule has 0 saturated carbocycles. The molecule has 0 atom stereocenters. The molecule has 0 aliphatic carbocycles. The van der Waals surface area contributed by atoms with Crippen LogP contribution in [0.4, 0.5) is 0 Å². The largest absolute Gasteiger partial charge is 0.748 e. The third-order valence-electron chi connectivity index (χ3n) is 6.18. The lowest BCUT2D eigenvalue weighted by atomic mass is 10.0. The molecule has 5 nitrogen and oxygen atoms in total. The second-order valence-electron chi connectivity index (χ2n) is 8.71. The quantitative estimate of drug-likeness (QED) is 0.181. The average Bonchev–Trinajstić information content (AvgIpc) is 2.66. The van der Waals surface area contributed by atoms with Crippen molar-refractivity contribution in [2.75, 3.05) is 45.1 Å². The summed E-state index contributed by atoms with van der Waals surface area (Å²) in [5.74, 6) is -0.220. The van der Waals surface area contributed by atoms with Crippen molar-refractivity contribution in [3.63, 3.8) is 0 Å². The van der Waals surface area contributed by atoms with Crippen LogP contribution >= 0.6 is 0 Å². The molecule has 0 N–H and O–H groups in total. The Hall–Kier alpha value is -0.170. The Morgan fingerprint density at radius 2 is 1.14 bits per heavy atom. The molecule has 0 aromatic heterocycles. The van der Waals surface area contributed by atoms with Gasteiger partial charge in [0.1, 0.15) is 13.1 Å². The Labute approximate surface area is 174 Å². The molecular weight excluding hydrogens is 374 g/mol. The van der Waals surface area contributed by atoms with Crippen LogP contribution in [0.1, 0.15) is 96.8 Å². The molecule has 1 fully saturated rings. The van der Waals surface area contributed by atoms with Crippen LogP contribution in [-0.4, -0.2) is 62.6 Å². The highest BCUT2D eigenvalue weighted by molar-refractivity contribution is 7.85. The van der Waals surface area contributed by atoms with Gasteiger partial charge in [0.2, 0.25) is 0 Å². The summed E-state index contributed by atoms with van der Waals surface area (Å²) in [5.41, 5.74) is 0. The maximum absolute atomic E-state index is 10.8. The topological polar surface area (TPSA) is 66.4 Å². The van der Waals surface area contributed by atoms with E-state index in [2.05, 4.69) is 6.92 Å². The van der Waals surface area contributed by atoms with Crippen LogP contribution in [0.2, 0.25) is 0 Å². The van der Waals surface area contributed by atoms with E-state index in [4.69, 9.17) is 4.74 Å². The van der Waals surface area contributed by atoms with Crippen molar-refractivity contribution in [1.82, 2.24) is 0 Å². The van der Waals surface area contributed by atoms with E-state index in [1.165, 1.54) is 83.6 Å². The van der Waals surface area contributed by atoms with E-state index in [-0.39, 0.29) is 5.75 Å². The number of hydrogen-bond donors (Lipinski definition) is 0. The summed E-state index contributed by atoms with van der Waals surface area (Å²) in [6.07, 6.45) is 17.7. The van der Waals surface area contributed by atoms with Gasteiger partial charge in [-0.15, -0.1) is 0 Å². The molecule has 1 saturated heterocycles. The van der Waals surface area contributed by atoms with E-state index in [9.17, 15) is 13.0 Å². The Bertz CT molecular complexity index is 461. The van der Waals surface area contributed by atoms with E-state index in [1.807, 2.05) is 0 Å². The maximum Gasteiger partial charge on any atom is 0.102 e. The Kier molecular flexibility index (Phi) is 14.4. The maximum atomic E-state index is 10.8. The number of hydrogen-bond acceptors (Lipinski definition) is 4. The Morgan fingerprint density at radius 3 is 1.61 bits per heavy atom. The lowest BCUT2D eigenvalue weighted by Crippen LogP contribution is -2.56. The fourth-order valence-electron chi connectivity index (χ4n) is 4.30. The highest BCUT2D eigenvalue weighted by Gasteiger charge is 2.29. The van der Waals surface area contributed by atoms with Crippen molar-refractivity contribution < 1.29 is 22.2 Å². The molecule has 0 radical (unpaired) electrons. The van der Waals surface area contributed by atoms with Gasteiger partial charge in [0.05, 0.1) is 36.4 Å². The zero-order valence-electron chi connectivity index (χ0n) is 18.3. The summed E-state index contributed by atoms with van der Waals surface area (Å²) in [7, 11) is -4.07. The minimum absolute atomic E-state index is 0.220. The first-order chi connectivity index (χ1) is 13.5. The summed E-state index contributed by atoms with van der Waals surface area (Å²) >= 11 is 0. The molecule has 0 aromatic carbocycles. The van der Waals surface area contributed by atoms with Gasteiger partial charge < -0.3 is 13.8 Å². The van der Waals surface area contributed by atoms with Crippen molar-refractivity contribution in [3.8, 4) is 0 Å². The molecule has 1 heterocycles. The van der Waals surface area contributed by atoms with Crippen LogP contribution < -0.4 is 0 Å². The van der Waals surface area contributed by atoms with Crippen LogP contribution in [0.25, 0.3) is 0 Å². The predicted octanol–water partition coefficient (Wildman–Crippen LogP) is 4.86. The van der Waals surface area contributed by atoms with Crippen LogP contribution in [0.5, 0.6) is 0 Å². The fraction of sp³-hybridized carbons (Fsp3) is 1.00. The lowest BCUT2D eigenvalue weighted by Gasteiger charge is -2.41. The number of morpholine rings is 1. The van der Waals surface area contributed by atoms with E-state index >= 15 is 0 Å². The number of quaternary nitrogens is 1. The van der Waals surface area contributed by atoms with Crippen LogP contribution in [0, 0.1) is 0 Å². The molecule has 0 bridgehead atoms. The molecular formula is C22H45NO4S. The minimum Gasteiger partial charge on any atom is -0.748 e. The van der Waals surface area contributed by atoms with E-state index in [0.717, 1.165) is 43.8 Å². The normalized spacial score (nSPS) is 17.1. The van der Waals surface area contributed by atoms with E-state index in [0.29, 0.717) is 6.42 Å². The Balaban J connectivity index is 2.07. The first kappa shape index (κ1) is 25.9.